The first-order valence-corrected chi connectivity index (χ1v) is 11.6. The molecule has 0 saturated heterocycles. The summed E-state index contributed by atoms with van der Waals surface area (Å²) in [6, 6.07) is 8.78. The van der Waals surface area contributed by atoms with Gasteiger partial charge in [-0.3, -0.25) is 9.59 Å². The molecule has 168 valence electrons. The van der Waals surface area contributed by atoms with E-state index in [-0.39, 0.29) is 12.2 Å². The van der Waals surface area contributed by atoms with E-state index in [0.717, 1.165) is 10.9 Å². The van der Waals surface area contributed by atoms with Gasteiger partial charge in [0.2, 0.25) is 0 Å². The Bertz CT molecular complexity index is 1240. The van der Waals surface area contributed by atoms with Crippen LogP contribution >= 0.6 is 31.9 Å². The summed E-state index contributed by atoms with van der Waals surface area (Å²) in [7, 11) is 0. The Hall–Kier alpha value is -2.72. The number of rotatable bonds is 9. The van der Waals surface area contributed by atoms with Crippen LogP contribution in [0.3, 0.4) is 0 Å². The Morgan fingerprint density at radius 2 is 1.94 bits per heavy atom. The fourth-order valence-electron chi connectivity index (χ4n) is 3.00. The molecule has 0 radical (unpaired) electrons. The monoisotopic (exact) mass is 564 g/mol. The molecule has 10 heteroatoms. The van der Waals surface area contributed by atoms with Crippen molar-refractivity contribution in [2.45, 2.75) is 26.7 Å². The van der Waals surface area contributed by atoms with Gasteiger partial charge < -0.3 is 15.2 Å². The first-order valence-electron chi connectivity index (χ1n) is 9.97. The van der Waals surface area contributed by atoms with Crippen LogP contribution in [0.4, 0.5) is 0 Å². The van der Waals surface area contributed by atoms with E-state index in [2.05, 4.69) is 41.9 Å². The van der Waals surface area contributed by atoms with Crippen molar-refractivity contribution < 1.29 is 14.3 Å². The standard InChI is InChI=1S/C22H22Br2N4O4/c1-3-5-21-27-17-7-6-14(23)9-15(17)22(30)28(21)26-11-13-8-18(31-4-2)19(10-16(13)24)32-12-20(25)29/h6-11H,3-5,12H2,1-2H3,(H2,25,29). The second-order valence-electron chi connectivity index (χ2n) is 6.81. The van der Waals surface area contributed by atoms with Gasteiger partial charge >= 0.3 is 0 Å². The Labute approximate surface area is 201 Å². The van der Waals surface area contributed by atoms with Gasteiger partial charge in [0.15, 0.2) is 18.1 Å². The molecule has 0 unspecified atom stereocenters. The maximum absolute atomic E-state index is 13.1. The Kier molecular flexibility index (Phi) is 8.03. The molecular weight excluding hydrogens is 544 g/mol. The topological polar surface area (TPSA) is 109 Å². The molecule has 0 atom stereocenters. The van der Waals surface area contributed by atoms with Gasteiger partial charge in [0.25, 0.3) is 11.5 Å². The fraction of sp³-hybridized carbons (Fsp3) is 0.273. The van der Waals surface area contributed by atoms with Crippen molar-refractivity contribution in [2.24, 2.45) is 10.8 Å². The molecular formula is C22H22Br2N4O4. The molecule has 0 bridgehead atoms. The van der Waals surface area contributed by atoms with Crippen molar-refractivity contribution in [3.63, 3.8) is 0 Å². The van der Waals surface area contributed by atoms with Crippen LogP contribution in [0.5, 0.6) is 11.5 Å². The van der Waals surface area contributed by atoms with Crippen LogP contribution in [0.25, 0.3) is 10.9 Å². The van der Waals surface area contributed by atoms with E-state index in [1.165, 1.54) is 4.68 Å². The highest BCUT2D eigenvalue weighted by Gasteiger charge is 2.13. The van der Waals surface area contributed by atoms with Gasteiger partial charge in [-0.05, 0) is 59.6 Å². The van der Waals surface area contributed by atoms with Crippen molar-refractivity contribution in [3.8, 4) is 11.5 Å². The molecule has 0 aliphatic carbocycles. The quantitative estimate of drug-likeness (QED) is 0.394. The fourth-order valence-corrected chi connectivity index (χ4v) is 3.78. The molecule has 2 N–H and O–H groups in total. The average Bonchev–Trinajstić information content (AvgIpc) is 2.75. The third-order valence-electron chi connectivity index (χ3n) is 4.39. The van der Waals surface area contributed by atoms with Gasteiger partial charge in [-0.2, -0.15) is 9.78 Å². The molecule has 1 amide bonds. The third kappa shape index (κ3) is 5.55. The summed E-state index contributed by atoms with van der Waals surface area (Å²) in [5.74, 6) is 0.787. The van der Waals surface area contributed by atoms with E-state index in [9.17, 15) is 9.59 Å². The molecule has 0 aliphatic rings. The van der Waals surface area contributed by atoms with Gasteiger partial charge in [-0.1, -0.05) is 22.9 Å². The lowest BCUT2D eigenvalue weighted by Crippen LogP contribution is -2.22. The van der Waals surface area contributed by atoms with E-state index in [1.54, 1.807) is 24.4 Å². The number of carbonyl (C=O) groups excluding carboxylic acids is 1. The lowest BCUT2D eigenvalue weighted by molar-refractivity contribution is -0.119. The summed E-state index contributed by atoms with van der Waals surface area (Å²) < 4.78 is 13.8. The van der Waals surface area contributed by atoms with Gasteiger partial charge in [0.05, 0.1) is 23.7 Å². The number of amides is 1. The van der Waals surface area contributed by atoms with E-state index in [0.29, 0.717) is 51.3 Å². The van der Waals surface area contributed by atoms with Crippen LogP contribution in [0.1, 0.15) is 31.7 Å². The number of primary amides is 1. The first kappa shape index (κ1) is 23.9. The highest BCUT2D eigenvalue weighted by atomic mass is 79.9. The molecule has 1 aromatic heterocycles. The van der Waals surface area contributed by atoms with Crippen molar-refractivity contribution in [1.29, 1.82) is 0 Å². The van der Waals surface area contributed by atoms with Crippen LogP contribution in [-0.4, -0.2) is 35.0 Å². The molecule has 0 saturated carbocycles. The van der Waals surface area contributed by atoms with Crippen LogP contribution < -0.4 is 20.8 Å². The molecule has 2 aromatic carbocycles. The van der Waals surface area contributed by atoms with Gasteiger partial charge in [0, 0.05) is 20.9 Å². The van der Waals surface area contributed by atoms with Crippen molar-refractivity contribution in [3.05, 3.63) is 61.0 Å². The zero-order chi connectivity index (χ0) is 23.3. The van der Waals surface area contributed by atoms with E-state index in [4.69, 9.17) is 15.2 Å². The molecule has 32 heavy (non-hydrogen) atoms. The van der Waals surface area contributed by atoms with E-state index >= 15 is 0 Å². The van der Waals surface area contributed by atoms with Crippen molar-refractivity contribution >= 4 is 54.9 Å². The van der Waals surface area contributed by atoms with Crippen LogP contribution in [0.15, 0.2) is 49.2 Å². The minimum Gasteiger partial charge on any atom is -0.490 e. The number of halogens is 2. The summed E-state index contributed by atoms with van der Waals surface area (Å²) in [6.45, 7) is 3.98. The Morgan fingerprint density at radius 3 is 2.62 bits per heavy atom. The molecule has 0 spiro atoms. The number of benzene rings is 2. The van der Waals surface area contributed by atoms with Gasteiger partial charge in [-0.25, -0.2) is 4.98 Å². The minimum atomic E-state index is -0.590. The second-order valence-corrected chi connectivity index (χ2v) is 8.58. The highest BCUT2D eigenvalue weighted by Crippen LogP contribution is 2.33. The Balaban J connectivity index is 2.07. The predicted molar refractivity (Wildman–Crippen MR) is 131 cm³/mol. The number of nitrogens with two attached hydrogens (primary N) is 1. The zero-order valence-corrected chi connectivity index (χ0v) is 20.8. The lowest BCUT2D eigenvalue weighted by atomic mass is 10.2. The third-order valence-corrected chi connectivity index (χ3v) is 5.57. The maximum Gasteiger partial charge on any atom is 0.282 e. The second kappa shape index (κ2) is 10.7. The zero-order valence-electron chi connectivity index (χ0n) is 17.6. The molecule has 8 nitrogen and oxygen atoms in total. The minimum absolute atomic E-state index is 0.251. The molecule has 3 rings (SSSR count). The average molecular weight is 566 g/mol. The van der Waals surface area contributed by atoms with Gasteiger partial charge in [0.1, 0.15) is 5.82 Å². The SMILES string of the molecule is CCCc1nc2ccc(Br)cc2c(=O)n1N=Cc1cc(OCC)c(OCC(N)=O)cc1Br. The summed E-state index contributed by atoms with van der Waals surface area (Å²) in [5, 5.41) is 4.91. The summed E-state index contributed by atoms with van der Waals surface area (Å²) in [5.41, 5.74) is 6.20. The first-order chi connectivity index (χ1) is 15.3. The van der Waals surface area contributed by atoms with Gasteiger partial charge in [-0.15, -0.1) is 0 Å². The normalized spacial score (nSPS) is 11.2. The molecule has 0 aliphatic heterocycles. The summed E-state index contributed by atoms with van der Waals surface area (Å²) in [6.07, 6.45) is 2.97. The van der Waals surface area contributed by atoms with Crippen molar-refractivity contribution in [2.75, 3.05) is 13.2 Å². The van der Waals surface area contributed by atoms with E-state index in [1.807, 2.05) is 26.0 Å². The smallest absolute Gasteiger partial charge is 0.282 e. The maximum atomic E-state index is 13.1. The number of ether oxygens (including phenoxy) is 2. The Morgan fingerprint density at radius 1 is 1.19 bits per heavy atom. The van der Waals surface area contributed by atoms with Crippen LogP contribution in [0.2, 0.25) is 0 Å². The number of aryl methyl sites for hydroxylation is 1. The number of aromatic nitrogens is 2. The van der Waals surface area contributed by atoms with Crippen LogP contribution in [-0.2, 0) is 11.2 Å². The molecule has 3 aromatic rings. The summed E-state index contributed by atoms with van der Waals surface area (Å²) in [4.78, 5) is 28.8. The number of carbonyl (C=O) groups is 1. The van der Waals surface area contributed by atoms with Crippen molar-refractivity contribution in [1.82, 2.24) is 9.66 Å². The summed E-state index contributed by atoms with van der Waals surface area (Å²) >= 11 is 6.88. The van der Waals surface area contributed by atoms with Crippen LogP contribution in [0, 0.1) is 0 Å². The lowest BCUT2D eigenvalue weighted by Gasteiger charge is -2.13. The van der Waals surface area contributed by atoms with E-state index < -0.39 is 5.91 Å². The predicted octanol–water partition coefficient (Wildman–Crippen LogP) is 4.02. The molecule has 1 heterocycles. The number of hydrogen-bond acceptors (Lipinski definition) is 6. The highest BCUT2D eigenvalue weighted by molar-refractivity contribution is 9.10. The largest absolute Gasteiger partial charge is 0.490 e. The number of nitrogens with zero attached hydrogens (tertiary/aromatic N) is 3. The number of hydrogen-bond donors (Lipinski definition) is 1. The number of fused-ring (bicyclic) bond motifs is 1. The molecule has 0 fully saturated rings.